The van der Waals surface area contributed by atoms with Crippen LogP contribution in [-0.2, 0) is 0 Å². The summed E-state index contributed by atoms with van der Waals surface area (Å²) in [7, 11) is 0. The van der Waals surface area contributed by atoms with Gasteiger partial charge in [-0.05, 0) is 219 Å². The monoisotopic (exact) mass is 1700 g/mol. The minimum absolute atomic E-state index is 0.922. The van der Waals surface area contributed by atoms with Gasteiger partial charge in [-0.15, -0.1) is 70.6 Å². The van der Waals surface area contributed by atoms with Gasteiger partial charge in [-0.25, -0.2) is 0 Å². The van der Waals surface area contributed by atoms with Gasteiger partial charge in [0.05, 0.1) is 68.2 Å². The SMILES string of the molecule is c1ccc2c(c1)Sc1ccccc1N2CCCSc1c(SCCCN2c3ccccc3Sc3ccccc32)c(SCCCN2c3ccccc3Sc3ccccc32)c(SCCCN2c3ccccc3Sc3ccccc32)c(SCCCN2c3ccccc3Sc3ccccc32)c1SCCCN1c2ccccc2Sc2ccccc21. The lowest BCUT2D eigenvalue weighted by Gasteiger charge is -2.33. The number of para-hydroxylation sites is 12. The highest BCUT2D eigenvalue weighted by Gasteiger charge is 2.33. The topological polar surface area (TPSA) is 19.4 Å². The van der Waals surface area contributed by atoms with Crippen molar-refractivity contribution in [1.82, 2.24) is 0 Å². The number of rotatable bonds is 30. The standard InChI is InChI=1S/C96H84N6S12/c1-13-43-79-67(31-1)97(68-32-2-14-44-80(68)109-79)55-25-61-103-91-92(104-62-26-56-98-69-33-3-15-45-81(69)110-82-46-16-4-34-70(82)98)94(106-64-28-58-100-73-37-7-19-49-85(73)112-86-50-20-8-38-74(86)100)96(108-66-30-60-102-77-41-11-23-53-89(77)114-90-54-24-12-42-78(90)102)95(107-65-29-59-101-75-39-9-21-51-87(75)113-88-52-22-10-40-76(88)101)93(91)105-63-27-57-99-71-35-5-17-47-83(71)111-84-48-18-6-36-72(84)99/h1-24,31-54H,25-30,55-66H2. The Kier molecular flexibility index (Phi) is 24.5. The molecule has 0 aromatic heterocycles. The molecule has 114 heavy (non-hydrogen) atoms. The van der Waals surface area contributed by atoms with Crippen LogP contribution in [0.3, 0.4) is 0 Å². The molecule has 0 spiro atoms. The Labute approximate surface area is 723 Å². The third kappa shape index (κ3) is 16.4. The molecule has 6 aliphatic rings. The average Bonchev–Trinajstić information content (AvgIpc) is 0.524. The van der Waals surface area contributed by atoms with E-state index in [0.717, 1.165) is 112 Å². The molecule has 0 saturated heterocycles. The van der Waals surface area contributed by atoms with Gasteiger partial charge < -0.3 is 29.4 Å². The van der Waals surface area contributed by atoms with E-state index in [1.54, 1.807) is 0 Å². The van der Waals surface area contributed by atoms with Gasteiger partial charge >= 0.3 is 0 Å². The molecule has 6 heterocycles. The summed E-state index contributed by atoms with van der Waals surface area (Å²) in [6.45, 7) is 5.53. The molecule has 19 rings (SSSR count). The molecule has 0 radical (unpaired) electrons. The highest BCUT2D eigenvalue weighted by molar-refractivity contribution is 8.07. The van der Waals surface area contributed by atoms with E-state index < -0.39 is 0 Å². The number of nitrogens with zero attached hydrogens (tertiary/aromatic N) is 6. The summed E-state index contributed by atoms with van der Waals surface area (Å²) in [4.78, 5) is 40.5. The predicted molar refractivity (Wildman–Crippen MR) is 503 cm³/mol. The first-order valence-electron chi connectivity index (χ1n) is 39.4. The van der Waals surface area contributed by atoms with Gasteiger partial charge in [-0.2, -0.15) is 0 Å². The van der Waals surface area contributed by atoms with E-state index in [4.69, 9.17) is 0 Å². The summed E-state index contributed by atoms with van der Waals surface area (Å²) < 4.78 is 0. The molecule has 13 aromatic carbocycles. The van der Waals surface area contributed by atoms with Crippen molar-refractivity contribution in [3.8, 4) is 0 Å². The van der Waals surface area contributed by atoms with E-state index in [-0.39, 0.29) is 0 Å². The van der Waals surface area contributed by atoms with Crippen LogP contribution >= 0.6 is 141 Å². The van der Waals surface area contributed by atoms with Crippen LogP contribution in [0.25, 0.3) is 0 Å². The molecule has 0 amide bonds. The van der Waals surface area contributed by atoms with Crippen LogP contribution in [0.1, 0.15) is 38.5 Å². The molecule has 570 valence electrons. The molecule has 0 fully saturated rings. The largest absolute Gasteiger partial charge is 0.340 e. The summed E-state index contributed by atoms with van der Waals surface area (Å²) in [5.74, 6) is 5.85. The van der Waals surface area contributed by atoms with Gasteiger partial charge in [0.15, 0.2) is 0 Å². The van der Waals surface area contributed by atoms with Gasteiger partial charge in [0.25, 0.3) is 0 Å². The molecule has 0 bridgehead atoms. The van der Waals surface area contributed by atoms with E-state index >= 15 is 0 Å². The zero-order valence-electron chi connectivity index (χ0n) is 63.0. The molecular weight excluding hydrogens is 1620 g/mol. The van der Waals surface area contributed by atoms with E-state index in [0.29, 0.717) is 0 Å². The predicted octanol–water partition coefficient (Wildman–Crippen LogP) is 30.4. The van der Waals surface area contributed by atoms with E-state index in [2.05, 4.69) is 391 Å². The Balaban J connectivity index is 0.734. The Morgan fingerprint density at radius 1 is 0.149 bits per heavy atom. The van der Waals surface area contributed by atoms with Crippen molar-refractivity contribution < 1.29 is 0 Å². The smallest absolute Gasteiger partial charge is 0.0552 e. The fraction of sp³-hybridized carbons (Fsp3) is 0.188. The third-order valence-electron chi connectivity index (χ3n) is 21.1. The molecule has 13 aromatic rings. The van der Waals surface area contributed by atoms with Gasteiger partial charge in [0, 0.05) is 127 Å². The van der Waals surface area contributed by atoms with Crippen LogP contribution < -0.4 is 29.4 Å². The normalized spacial score (nSPS) is 13.8. The summed E-state index contributed by atoms with van der Waals surface area (Å²) >= 11 is 24.4. The summed E-state index contributed by atoms with van der Waals surface area (Å²) in [6, 6.07) is 109. The minimum atomic E-state index is 0.922. The zero-order chi connectivity index (χ0) is 75.9. The quantitative estimate of drug-likeness (QED) is 0.0314. The molecule has 0 N–H and O–H groups in total. The van der Waals surface area contributed by atoms with Crippen molar-refractivity contribution in [2.45, 2.75) is 127 Å². The first-order chi connectivity index (χ1) is 56.6. The third-order valence-corrected chi connectivity index (χ3v) is 35.8. The molecule has 18 heteroatoms. The minimum Gasteiger partial charge on any atom is -0.340 e. The van der Waals surface area contributed by atoms with Gasteiger partial charge in [0.2, 0.25) is 0 Å². The first-order valence-corrected chi connectivity index (χ1v) is 50.2. The number of thioether (sulfide) groups is 6. The van der Waals surface area contributed by atoms with Crippen molar-refractivity contribution in [2.75, 3.05) is 103 Å². The number of hydrogen-bond donors (Lipinski definition) is 0. The van der Waals surface area contributed by atoms with Crippen molar-refractivity contribution >= 4 is 209 Å². The van der Waals surface area contributed by atoms with Gasteiger partial charge in [-0.1, -0.05) is 216 Å². The molecule has 6 aliphatic heterocycles. The second-order valence-corrected chi connectivity index (χ2v) is 41.5. The lowest BCUT2D eigenvalue weighted by molar-refractivity contribution is 0.834. The van der Waals surface area contributed by atoms with Crippen molar-refractivity contribution in [1.29, 1.82) is 0 Å². The molecular formula is C96H84N6S12. The van der Waals surface area contributed by atoms with Crippen LogP contribution in [0.15, 0.2) is 379 Å². The maximum atomic E-state index is 2.62. The van der Waals surface area contributed by atoms with Crippen LogP contribution in [0.4, 0.5) is 68.2 Å². The number of anilines is 12. The lowest BCUT2D eigenvalue weighted by Crippen LogP contribution is -2.22. The first kappa shape index (κ1) is 76.8. The van der Waals surface area contributed by atoms with Gasteiger partial charge in [0.1, 0.15) is 0 Å². The van der Waals surface area contributed by atoms with Crippen LogP contribution in [0, 0.1) is 0 Å². The molecule has 0 saturated carbocycles. The Bertz CT molecular complexity index is 4470. The maximum Gasteiger partial charge on any atom is 0.0552 e. The van der Waals surface area contributed by atoms with E-state index in [1.807, 2.05) is 70.6 Å². The summed E-state index contributed by atoms with van der Waals surface area (Å²) in [5.41, 5.74) is 15.7. The van der Waals surface area contributed by atoms with Gasteiger partial charge in [-0.3, -0.25) is 0 Å². The Morgan fingerprint density at radius 3 is 0.368 bits per heavy atom. The van der Waals surface area contributed by atoms with Crippen LogP contribution in [-0.4, -0.2) is 73.8 Å². The fourth-order valence-electron chi connectivity index (χ4n) is 15.9. The Morgan fingerprint density at radius 2 is 0.254 bits per heavy atom. The highest BCUT2D eigenvalue weighted by Crippen LogP contribution is 2.59. The molecule has 6 nitrogen and oxygen atoms in total. The van der Waals surface area contributed by atoms with Crippen molar-refractivity contribution in [3.63, 3.8) is 0 Å². The fourth-order valence-corrected chi connectivity index (χ4v) is 30.7. The summed E-state index contributed by atoms with van der Waals surface area (Å²) in [6.07, 6.45) is 6.09. The number of fused-ring (bicyclic) bond motifs is 12. The highest BCUT2D eigenvalue weighted by atomic mass is 32.2. The maximum absolute atomic E-state index is 2.62. The summed E-state index contributed by atoms with van der Waals surface area (Å²) in [5, 5.41) is 0. The second-order valence-electron chi connectivity index (χ2n) is 28.3. The van der Waals surface area contributed by atoms with Crippen LogP contribution in [0.2, 0.25) is 0 Å². The van der Waals surface area contributed by atoms with Crippen LogP contribution in [0.5, 0.6) is 0 Å². The number of hydrogen-bond acceptors (Lipinski definition) is 18. The molecule has 0 unspecified atom stereocenters. The molecule has 0 atom stereocenters. The van der Waals surface area contributed by atoms with E-state index in [9.17, 15) is 0 Å². The number of benzene rings is 13. The zero-order valence-corrected chi connectivity index (χ0v) is 72.8. The lowest BCUT2D eigenvalue weighted by atomic mass is 10.2. The van der Waals surface area contributed by atoms with Crippen molar-refractivity contribution in [3.05, 3.63) is 291 Å². The Hall–Kier alpha value is -7.14. The average molecular weight is 1710 g/mol. The van der Waals surface area contributed by atoms with E-state index in [1.165, 1.54) is 156 Å². The van der Waals surface area contributed by atoms with Crippen molar-refractivity contribution in [2.24, 2.45) is 0 Å². The second kappa shape index (κ2) is 36.4. The molecule has 0 aliphatic carbocycles.